The molecule has 1 aromatic heterocycles. The first-order valence-corrected chi connectivity index (χ1v) is 13.6. The number of aliphatic imine (C=N–C) groups is 1. The molecule has 13 heteroatoms. The number of benzene rings is 2. The average Bonchev–Trinajstić information content (AvgIpc) is 3.33. The van der Waals surface area contributed by atoms with E-state index in [1.807, 2.05) is 25.0 Å². The standard InChI is InChI=1S/C25H26BrN5O6S/c1-14-11-16(12-15(2)21(14)37-17-5-6-19(35-3)18(26)13-17)31-24(34)28-22(32)20(29-31)23(33)36-10-9-30-8-7-27-25(30)38-4/h5-6,11-13H,7-10H2,1-4H3,(H,28,32,34). The third kappa shape index (κ3) is 5.94. The van der Waals surface area contributed by atoms with Crippen LogP contribution in [0.1, 0.15) is 21.6 Å². The van der Waals surface area contributed by atoms with E-state index in [1.165, 1.54) is 11.8 Å². The Bertz CT molecular complexity index is 1500. The summed E-state index contributed by atoms with van der Waals surface area (Å²) in [5.41, 5.74) is -0.418. The van der Waals surface area contributed by atoms with Crippen LogP contribution >= 0.6 is 27.7 Å². The van der Waals surface area contributed by atoms with Crippen molar-refractivity contribution in [3.8, 4) is 22.9 Å². The summed E-state index contributed by atoms with van der Waals surface area (Å²) >= 11 is 4.96. The second-order valence-corrected chi connectivity index (χ2v) is 9.95. The number of halogens is 1. The Balaban J connectivity index is 1.55. The first kappa shape index (κ1) is 27.5. The molecule has 0 saturated carbocycles. The second kappa shape index (κ2) is 11.9. The van der Waals surface area contributed by atoms with Gasteiger partial charge in [0.15, 0.2) is 5.17 Å². The molecule has 2 aromatic carbocycles. The molecule has 0 unspecified atom stereocenters. The molecular formula is C25H26BrN5O6S. The third-order valence-corrected chi connectivity index (χ3v) is 7.09. The lowest BCUT2D eigenvalue weighted by Crippen LogP contribution is -2.37. The van der Waals surface area contributed by atoms with Gasteiger partial charge in [0, 0.05) is 6.54 Å². The topological polar surface area (TPSA) is 128 Å². The largest absolute Gasteiger partial charge is 0.496 e. The predicted molar refractivity (Wildman–Crippen MR) is 148 cm³/mol. The highest BCUT2D eigenvalue weighted by Crippen LogP contribution is 2.34. The number of methoxy groups -OCH3 is 1. The zero-order valence-electron chi connectivity index (χ0n) is 21.2. The van der Waals surface area contributed by atoms with Crippen molar-refractivity contribution in [2.24, 2.45) is 4.99 Å². The Morgan fingerprint density at radius 1 is 1.18 bits per heavy atom. The maximum Gasteiger partial charge on any atom is 0.364 e. The van der Waals surface area contributed by atoms with Gasteiger partial charge in [0.25, 0.3) is 5.56 Å². The van der Waals surface area contributed by atoms with Crippen LogP contribution in [0.25, 0.3) is 5.69 Å². The Morgan fingerprint density at radius 2 is 1.92 bits per heavy atom. The fourth-order valence-electron chi connectivity index (χ4n) is 3.93. The number of ether oxygens (including phenoxy) is 3. The summed E-state index contributed by atoms with van der Waals surface area (Å²) in [6.45, 7) is 5.56. The van der Waals surface area contributed by atoms with Gasteiger partial charge in [-0.3, -0.25) is 14.8 Å². The molecule has 0 radical (unpaired) electrons. The molecule has 11 nitrogen and oxygen atoms in total. The van der Waals surface area contributed by atoms with Gasteiger partial charge < -0.3 is 19.1 Å². The van der Waals surface area contributed by atoms with Crippen LogP contribution in [-0.4, -0.2) is 70.4 Å². The summed E-state index contributed by atoms with van der Waals surface area (Å²) in [5.74, 6) is 0.942. The number of nitrogens with one attached hydrogen (secondary N) is 1. The molecule has 0 bridgehead atoms. The van der Waals surface area contributed by atoms with Gasteiger partial charge in [-0.2, -0.15) is 9.78 Å². The summed E-state index contributed by atoms with van der Waals surface area (Å²) in [7, 11) is 1.58. The number of nitrogens with zero attached hydrogens (tertiary/aromatic N) is 4. The number of esters is 1. The van der Waals surface area contributed by atoms with Gasteiger partial charge in [0.1, 0.15) is 23.9 Å². The molecule has 0 aliphatic carbocycles. The molecule has 1 aliphatic heterocycles. The number of aryl methyl sites for hydroxylation is 2. The van der Waals surface area contributed by atoms with Crippen molar-refractivity contribution in [3.05, 3.63) is 72.5 Å². The number of aromatic amines is 1. The molecule has 1 N–H and O–H groups in total. The second-order valence-electron chi connectivity index (χ2n) is 8.32. The van der Waals surface area contributed by atoms with Crippen molar-refractivity contribution in [2.45, 2.75) is 13.8 Å². The highest BCUT2D eigenvalue weighted by atomic mass is 79.9. The number of rotatable bonds is 8. The van der Waals surface area contributed by atoms with Crippen LogP contribution in [-0.2, 0) is 4.74 Å². The number of carbonyl (C=O) groups excluding carboxylic acids is 1. The van der Waals surface area contributed by atoms with Gasteiger partial charge in [-0.1, -0.05) is 11.8 Å². The van der Waals surface area contributed by atoms with E-state index in [9.17, 15) is 14.4 Å². The quantitative estimate of drug-likeness (QED) is 0.386. The molecular weight excluding hydrogens is 578 g/mol. The van der Waals surface area contributed by atoms with Crippen LogP contribution in [0.2, 0.25) is 0 Å². The molecule has 4 rings (SSSR count). The van der Waals surface area contributed by atoms with Gasteiger partial charge in [0.2, 0.25) is 5.69 Å². The summed E-state index contributed by atoms with van der Waals surface area (Å²) in [6, 6.07) is 8.71. The van der Waals surface area contributed by atoms with Crippen LogP contribution in [0.4, 0.5) is 0 Å². The number of H-pyrrole nitrogens is 1. The minimum atomic E-state index is -0.916. The lowest BCUT2D eigenvalue weighted by Gasteiger charge is -2.18. The van der Waals surface area contributed by atoms with Crippen LogP contribution < -0.4 is 20.7 Å². The molecule has 3 aromatic rings. The zero-order valence-corrected chi connectivity index (χ0v) is 23.6. The average molecular weight is 604 g/mol. The Hall–Kier alpha value is -3.58. The van der Waals surface area contributed by atoms with Gasteiger partial charge in [-0.05, 0) is 77.5 Å². The maximum atomic E-state index is 12.6. The van der Waals surface area contributed by atoms with Crippen LogP contribution in [0.15, 0.2) is 49.4 Å². The van der Waals surface area contributed by atoms with Crippen molar-refractivity contribution in [2.75, 3.05) is 39.6 Å². The van der Waals surface area contributed by atoms with Crippen LogP contribution in [0, 0.1) is 13.8 Å². The lowest BCUT2D eigenvalue weighted by atomic mass is 10.1. The Kier molecular flexibility index (Phi) is 8.57. The van der Waals surface area contributed by atoms with Gasteiger partial charge >= 0.3 is 11.7 Å². The maximum absolute atomic E-state index is 12.6. The van der Waals surface area contributed by atoms with Crippen LogP contribution in [0.3, 0.4) is 0 Å². The highest BCUT2D eigenvalue weighted by molar-refractivity contribution is 9.10. The summed E-state index contributed by atoms with van der Waals surface area (Å²) < 4.78 is 18.3. The van der Waals surface area contributed by atoms with Gasteiger partial charge in [0.05, 0.1) is 30.4 Å². The molecule has 0 spiro atoms. The SMILES string of the molecule is COc1ccc(Oc2c(C)cc(-n3nc(C(=O)OCCN4CCN=C4SC)c(=O)[nH]c3=O)cc2C)cc1Br. The fraction of sp³-hybridized carbons (Fsp3) is 0.320. The fourth-order valence-corrected chi connectivity index (χ4v) is 5.11. The third-order valence-electron chi connectivity index (χ3n) is 5.72. The molecule has 1 aliphatic rings. The Labute approximate surface area is 230 Å². The summed E-state index contributed by atoms with van der Waals surface area (Å²) in [5, 5.41) is 4.91. The van der Waals surface area contributed by atoms with Crippen molar-refractivity contribution in [1.29, 1.82) is 0 Å². The van der Waals surface area contributed by atoms with Gasteiger partial charge in [-0.25, -0.2) is 9.59 Å². The molecule has 0 amide bonds. The van der Waals surface area contributed by atoms with Gasteiger partial charge in [-0.15, -0.1) is 0 Å². The van der Waals surface area contributed by atoms with E-state index in [0.29, 0.717) is 47.2 Å². The zero-order chi connectivity index (χ0) is 27.4. The van der Waals surface area contributed by atoms with E-state index in [0.717, 1.165) is 20.9 Å². The van der Waals surface area contributed by atoms with E-state index in [-0.39, 0.29) is 6.61 Å². The molecule has 0 saturated heterocycles. The van der Waals surface area contributed by atoms with E-state index < -0.39 is 22.9 Å². The van der Waals surface area contributed by atoms with E-state index in [1.54, 1.807) is 37.4 Å². The van der Waals surface area contributed by atoms with Crippen LogP contribution in [0.5, 0.6) is 17.2 Å². The summed E-state index contributed by atoms with van der Waals surface area (Å²) in [4.78, 5) is 46.1. The van der Waals surface area contributed by atoms with E-state index >= 15 is 0 Å². The van der Waals surface area contributed by atoms with E-state index in [2.05, 4.69) is 31.0 Å². The molecule has 0 atom stereocenters. The predicted octanol–water partition coefficient (Wildman–Crippen LogP) is 3.29. The number of aromatic nitrogens is 3. The smallest absolute Gasteiger partial charge is 0.364 e. The first-order chi connectivity index (χ1) is 18.2. The first-order valence-electron chi connectivity index (χ1n) is 11.6. The molecule has 2 heterocycles. The minimum absolute atomic E-state index is 0.0460. The van der Waals surface area contributed by atoms with Crippen molar-refractivity contribution in [3.63, 3.8) is 0 Å². The molecule has 200 valence electrons. The highest BCUT2D eigenvalue weighted by Gasteiger charge is 2.21. The van der Waals surface area contributed by atoms with Crippen molar-refractivity contribution < 1.29 is 19.0 Å². The number of thioether (sulfide) groups is 1. The normalized spacial score (nSPS) is 12.9. The monoisotopic (exact) mass is 603 g/mol. The number of carbonyl (C=O) groups is 1. The van der Waals surface area contributed by atoms with Crippen molar-refractivity contribution >= 4 is 38.8 Å². The van der Waals surface area contributed by atoms with Crippen molar-refractivity contribution in [1.82, 2.24) is 19.7 Å². The number of hydrogen-bond donors (Lipinski definition) is 1. The minimum Gasteiger partial charge on any atom is -0.496 e. The lowest BCUT2D eigenvalue weighted by molar-refractivity contribution is 0.0477. The summed E-state index contributed by atoms with van der Waals surface area (Å²) in [6.07, 6.45) is 1.93. The number of amidine groups is 1. The van der Waals surface area contributed by atoms with E-state index in [4.69, 9.17) is 14.2 Å². The molecule has 0 fully saturated rings. The number of hydrogen-bond acceptors (Lipinski definition) is 10. The Morgan fingerprint density at radius 3 is 2.58 bits per heavy atom. The molecule has 38 heavy (non-hydrogen) atoms.